The average Bonchev–Trinajstić information content (AvgIpc) is 3.21. The van der Waals surface area contributed by atoms with E-state index in [1.165, 1.54) is 30.0 Å². The summed E-state index contributed by atoms with van der Waals surface area (Å²) in [4.78, 5) is 23.3. The van der Waals surface area contributed by atoms with Crippen molar-refractivity contribution in [3.05, 3.63) is 75.9 Å². The molecule has 1 N–H and O–H groups in total. The Bertz CT molecular complexity index is 1270. The number of alkyl halides is 3. The van der Waals surface area contributed by atoms with Crippen LogP contribution in [-0.4, -0.2) is 26.5 Å². The summed E-state index contributed by atoms with van der Waals surface area (Å²) in [6.45, 7) is 0. The van der Waals surface area contributed by atoms with Gasteiger partial charge in [-0.3, -0.25) is 4.79 Å². The lowest BCUT2D eigenvalue weighted by molar-refractivity contribution is -0.274. The van der Waals surface area contributed by atoms with Gasteiger partial charge in [-0.1, -0.05) is 40.7 Å². The molecule has 0 saturated carbocycles. The van der Waals surface area contributed by atoms with Gasteiger partial charge in [-0.15, -0.1) is 13.2 Å². The Hall–Kier alpha value is -3.31. The predicted molar refractivity (Wildman–Crippen MR) is 111 cm³/mol. The number of aromatic nitrogens is 4. The van der Waals surface area contributed by atoms with Crippen LogP contribution >= 0.6 is 23.4 Å². The van der Waals surface area contributed by atoms with Crippen LogP contribution in [0.1, 0.15) is 5.89 Å². The summed E-state index contributed by atoms with van der Waals surface area (Å²) in [6, 6.07) is 13.4. The highest BCUT2D eigenvalue weighted by atomic mass is 35.5. The molecule has 2 aromatic carbocycles. The Morgan fingerprint density at radius 3 is 2.41 bits per heavy atom. The first-order valence-corrected chi connectivity index (χ1v) is 10.3. The van der Waals surface area contributed by atoms with Crippen LogP contribution in [0.15, 0.2) is 69.1 Å². The number of ether oxygens (including phenoxy) is 1. The maximum Gasteiger partial charge on any atom is 0.573 e. The maximum absolute atomic E-state index is 12.3. The minimum Gasteiger partial charge on any atom is -0.406 e. The van der Waals surface area contributed by atoms with Crippen molar-refractivity contribution < 1.29 is 22.4 Å². The molecule has 0 aliphatic heterocycles. The molecule has 0 amide bonds. The number of nitrogens with one attached hydrogen (secondary N) is 1. The van der Waals surface area contributed by atoms with Crippen molar-refractivity contribution in [2.75, 3.05) is 0 Å². The van der Waals surface area contributed by atoms with Crippen molar-refractivity contribution in [1.29, 1.82) is 0 Å². The van der Waals surface area contributed by atoms with Crippen molar-refractivity contribution >= 4 is 23.4 Å². The molecule has 7 nitrogen and oxygen atoms in total. The predicted octanol–water partition coefficient (Wildman–Crippen LogP) is 5.33. The summed E-state index contributed by atoms with van der Waals surface area (Å²) in [5, 5.41) is 4.76. The summed E-state index contributed by atoms with van der Waals surface area (Å²) in [7, 11) is 0. The third-order valence-corrected chi connectivity index (χ3v) is 5.12. The van der Waals surface area contributed by atoms with Crippen LogP contribution < -0.4 is 10.3 Å². The van der Waals surface area contributed by atoms with E-state index in [1.54, 1.807) is 24.3 Å². The topological polar surface area (TPSA) is 93.9 Å². The van der Waals surface area contributed by atoms with E-state index < -0.39 is 6.36 Å². The number of nitrogens with zero attached hydrogens (tertiary/aromatic N) is 3. The van der Waals surface area contributed by atoms with Crippen LogP contribution in [0.2, 0.25) is 5.02 Å². The SMILES string of the molecule is O=c1cc(-c2ccc(Cl)cc2)nc(SCc2nc(-c3ccc(OC(F)(F)F)cc3)no2)[nH]1. The first kappa shape index (κ1) is 21.9. The Balaban J connectivity index is 1.44. The van der Waals surface area contributed by atoms with Gasteiger partial charge in [-0.2, -0.15) is 4.98 Å². The summed E-state index contributed by atoms with van der Waals surface area (Å²) >= 11 is 7.07. The van der Waals surface area contributed by atoms with Gasteiger partial charge in [0.2, 0.25) is 11.7 Å². The highest BCUT2D eigenvalue weighted by Crippen LogP contribution is 2.27. The molecule has 0 spiro atoms. The quantitative estimate of drug-likeness (QED) is 0.294. The molecule has 0 radical (unpaired) electrons. The van der Waals surface area contributed by atoms with E-state index in [2.05, 4.69) is 24.8 Å². The van der Waals surface area contributed by atoms with Crippen molar-refractivity contribution in [3.63, 3.8) is 0 Å². The van der Waals surface area contributed by atoms with E-state index in [0.717, 1.165) is 17.7 Å². The van der Waals surface area contributed by atoms with Crippen LogP contribution in [0, 0.1) is 0 Å². The zero-order chi connectivity index (χ0) is 22.7. The molecule has 0 bridgehead atoms. The van der Waals surface area contributed by atoms with Gasteiger partial charge < -0.3 is 14.2 Å². The first-order chi connectivity index (χ1) is 15.2. The Kier molecular flexibility index (Phi) is 6.19. The van der Waals surface area contributed by atoms with Gasteiger partial charge in [-0.25, -0.2) is 4.98 Å². The molecule has 0 aliphatic carbocycles. The zero-order valence-corrected chi connectivity index (χ0v) is 17.5. The van der Waals surface area contributed by atoms with Gasteiger partial charge in [-0.05, 0) is 36.4 Å². The van der Waals surface area contributed by atoms with Crippen LogP contribution in [-0.2, 0) is 5.75 Å². The van der Waals surface area contributed by atoms with Crippen LogP contribution in [0.5, 0.6) is 5.75 Å². The van der Waals surface area contributed by atoms with Gasteiger partial charge in [0, 0.05) is 22.2 Å². The molecular weight excluding hydrogens is 469 g/mol. The fourth-order valence-corrected chi connectivity index (χ4v) is 3.48. The third-order valence-electron chi connectivity index (χ3n) is 4.01. The highest BCUT2D eigenvalue weighted by molar-refractivity contribution is 7.98. The monoisotopic (exact) mass is 480 g/mol. The minimum atomic E-state index is -4.77. The molecule has 2 aromatic heterocycles. The number of hydrogen-bond donors (Lipinski definition) is 1. The number of H-pyrrole nitrogens is 1. The molecule has 12 heteroatoms. The highest BCUT2D eigenvalue weighted by Gasteiger charge is 2.31. The normalized spacial score (nSPS) is 11.5. The van der Waals surface area contributed by atoms with E-state index in [-0.39, 0.29) is 28.8 Å². The lowest BCUT2D eigenvalue weighted by Crippen LogP contribution is -2.16. The summed E-state index contributed by atoms with van der Waals surface area (Å²) in [5.74, 6) is 0.321. The molecule has 0 fully saturated rings. The Morgan fingerprint density at radius 2 is 1.72 bits per heavy atom. The second kappa shape index (κ2) is 9.05. The fraction of sp³-hybridized carbons (Fsp3) is 0.100. The van der Waals surface area contributed by atoms with Gasteiger partial charge >= 0.3 is 6.36 Å². The lowest BCUT2D eigenvalue weighted by Gasteiger charge is -2.08. The van der Waals surface area contributed by atoms with Gasteiger partial charge in [0.15, 0.2) is 5.16 Å². The Labute approximate surface area is 187 Å². The van der Waals surface area contributed by atoms with E-state index in [4.69, 9.17) is 16.1 Å². The van der Waals surface area contributed by atoms with Crippen molar-refractivity contribution in [3.8, 4) is 28.4 Å². The molecule has 32 heavy (non-hydrogen) atoms. The third kappa shape index (κ3) is 5.68. The second-order valence-corrected chi connectivity index (χ2v) is 7.72. The van der Waals surface area contributed by atoms with Crippen LogP contribution in [0.25, 0.3) is 22.6 Å². The largest absolute Gasteiger partial charge is 0.573 e. The standard InChI is InChI=1S/C20H12ClF3N4O3S/c21-13-5-1-11(2-6-13)15-9-16(29)26-19(25-15)32-10-17-27-18(28-31-17)12-3-7-14(8-4-12)30-20(22,23)24/h1-9H,10H2,(H,25,26,29). The lowest BCUT2D eigenvalue weighted by atomic mass is 10.1. The van der Waals surface area contributed by atoms with Crippen molar-refractivity contribution in [2.45, 2.75) is 17.3 Å². The number of rotatable bonds is 6. The summed E-state index contributed by atoms with van der Waals surface area (Å²) in [6.07, 6.45) is -4.77. The molecule has 0 unspecified atom stereocenters. The zero-order valence-electron chi connectivity index (χ0n) is 15.9. The number of hydrogen-bond acceptors (Lipinski definition) is 7. The fourth-order valence-electron chi connectivity index (χ4n) is 2.64. The maximum atomic E-state index is 12.3. The van der Waals surface area contributed by atoms with Crippen LogP contribution in [0.3, 0.4) is 0 Å². The molecule has 2 heterocycles. The molecule has 4 rings (SSSR count). The van der Waals surface area contributed by atoms with E-state index >= 15 is 0 Å². The van der Waals surface area contributed by atoms with Gasteiger partial charge in [0.05, 0.1) is 11.4 Å². The molecule has 164 valence electrons. The average molecular weight is 481 g/mol. The molecule has 0 aliphatic rings. The van der Waals surface area contributed by atoms with Gasteiger partial charge in [0.1, 0.15) is 5.75 Å². The number of aromatic amines is 1. The molecule has 0 saturated heterocycles. The molecule has 0 atom stereocenters. The summed E-state index contributed by atoms with van der Waals surface area (Å²) in [5.41, 5.74) is 1.36. The summed E-state index contributed by atoms with van der Waals surface area (Å²) < 4.78 is 45.8. The van der Waals surface area contributed by atoms with E-state index in [1.807, 2.05) is 0 Å². The number of benzene rings is 2. The van der Waals surface area contributed by atoms with E-state index in [0.29, 0.717) is 21.4 Å². The molecular formula is C20H12ClF3N4O3S. The minimum absolute atomic E-state index is 0.204. The van der Waals surface area contributed by atoms with Crippen molar-refractivity contribution in [1.82, 2.24) is 20.1 Å². The van der Waals surface area contributed by atoms with E-state index in [9.17, 15) is 18.0 Å². The first-order valence-electron chi connectivity index (χ1n) is 8.94. The van der Waals surface area contributed by atoms with Crippen LogP contribution in [0.4, 0.5) is 13.2 Å². The van der Waals surface area contributed by atoms with Gasteiger partial charge in [0.25, 0.3) is 5.56 Å². The number of thioether (sulfide) groups is 1. The molecule has 4 aromatic rings. The number of halogens is 4. The Morgan fingerprint density at radius 1 is 1.03 bits per heavy atom. The second-order valence-electron chi connectivity index (χ2n) is 6.32. The smallest absolute Gasteiger partial charge is 0.406 e. The van der Waals surface area contributed by atoms with Crippen molar-refractivity contribution in [2.24, 2.45) is 0 Å².